The zero-order valence-electron chi connectivity index (χ0n) is 13.5. The third-order valence-corrected chi connectivity index (χ3v) is 4.53. The SMILES string of the molecule is Cn1cc([C@@H]2CN(CCc3nccn3C)C[C@@H]2CC(=O)O)nn1. The van der Waals surface area contributed by atoms with Gasteiger partial charge in [-0.15, -0.1) is 5.10 Å². The number of aromatic nitrogens is 5. The Kier molecular flexibility index (Phi) is 4.42. The van der Waals surface area contributed by atoms with E-state index in [4.69, 9.17) is 0 Å². The first kappa shape index (κ1) is 15.7. The van der Waals surface area contributed by atoms with E-state index in [1.54, 1.807) is 10.9 Å². The van der Waals surface area contributed by atoms with Crippen molar-refractivity contribution in [1.82, 2.24) is 29.4 Å². The summed E-state index contributed by atoms with van der Waals surface area (Å²) >= 11 is 0. The van der Waals surface area contributed by atoms with Crippen molar-refractivity contribution in [3.63, 3.8) is 0 Å². The fourth-order valence-electron chi connectivity index (χ4n) is 3.34. The third-order valence-electron chi connectivity index (χ3n) is 4.53. The first-order chi connectivity index (χ1) is 11.0. The van der Waals surface area contributed by atoms with E-state index in [0.717, 1.165) is 37.6 Å². The molecule has 124 valence electrons. The Morgan fingerprint density at radius 1 is 1.39 bits per heavy atom. The highest BCUT2D eigenvalue weighted by atomic mass is 16.4. The number of rotatable bonds is 6. The molecule has 1 fully saturated rings. The van der Waals surface area contributed by atoms with Gasteiger partial charge in [-0.05, 0) is 5.92 Å². The Labute approximate surface area is 134 Å². The Hall–Kier alpha value is -2.22. The lowest BCUT2D eigenvalue weighted by Crippen LogP contribution is -2.24. The van der Waals surface area contributed by atoms with Crippen LogP contribution in [0, 0.1) is 5.92 Å². The van der Waals surface area contributed by atoms with E-state index in [1.165, 1.54) is 0 Å². The summed E-state index contributed by atoms with van der Waals surface area (Å²) < 4.78 is 3.69. The number of carbonyl (C=O) groups is 1. The van der Waals surface area contributed by atoms with Crippen LogP contribution in [0.1, 0.15) is 23.9 Å². The molecule has 0 aliphatic carbocycles. The van der Waals surface area contributed by atoms with Crippen molar-refractivity contribution in [2.75, 3.05) is 19.6 Å². The summed E-state index contributed by atoms with van der Waals surface area (Å²) in [5.41, 5.74) is 0.887. The Bertz CT molecular complexity index is 679. The molecule has 0 radical (unpaired) electrons. The summed E-state index contributed by atoms with van der Waals surface area (Å²) in [6.45, 7) is 2.47. The highest BCUT2D eigenvalue weighted by Gasteiger charge is 2.36. The van der Waals surface area contributed by atoms with Crippen LogP contribution in [0.4, 0.5) is 0 Å². The number of carboxylic acids is 1. The van der Waals surface area contributed by atoms with Crippen molar-refractivity contribution < 1.29 is 9.90 Å². The molecule has 2 aromatic rings. The van der Waals surface area contributed by atoms with Crippen LogP contribution in [0.15, 0.2) is 18.6 Å². The lowest BCUT2D eigenvalue weighted by molar-refractivity contribution is -0.138. The van der Waals surface area contributed by atoms with E-state index in [0.29, 0.717) is 0 Å². The summed E-state index contributed by atoms with van der Waals surface area (Å²) in [4.78, 5) is 17.8. The number of aryl methyl sites for hydroxylation is 2. The quantitative estimate of drug-likeness (QED) is 0.823. The number of carboxylic acid groups (broad SMARTS) is 1. The predicted octanol–water partition coefficient (Wildman–Crippen LogP) is 0.281. The molecule has 0 saturated carbocycles. The highest BCUT2D eigenvalue weighted by Crippen LogP contribution is 2.33. The maximum atomic E-state index is 11.2. The molecule has 2 atom stereocenters. The molecular formula is C15H22N6O2. The Morgan fingerprint density at radius 2 is 2.22 bits per heavy atom. The normalized spacial score (nSPS) is 21.8. The fourth-order valence-corrected chi connectivity index (χ4v) is 3.34. The van der Waals surface area contributed by atoms with Gasteiger partial charge in [-0.2, -0.15) is 0 Å². The van der Waals surface area contributed by atoms with Crippen LogP contribution >= 0.6 is 0 Å². The van der Waals surface area contributed by atoms with Gasteiger partial charge in [0.15, 0.2) is 0 Å². The van der Waals surface area contributed by atoms with E-state index < -0.39 is 5.97 Å². The number of hydrogen-bond donors (Lipinski definition) is 1. The van der Waals surface area contributed by atoms with Gasteiger partial charge in [-0.25, -0.2) is 4.98 Å². The van der Waals surface area contributed by atoms with E-state index in [1.807, 2.05) is 31.1 Å². The van der Waals surface area contributed by atoms with Crippen LogP contribution in [0.3, 0.4) is 0 Å². The van der Waals surface area contributed by atoms with Crippen molar-refractivity contribution in [3.05, 3.63) is 30.1 Å². The van der Waals surface area contributed by atoms with Crippen LogP contribution < -0.4 is 0 Å². The summed E-state index contributed by atoms with van der Waals surface area (Å²) in [5.74, 6) is 0.490. The first-order valence-electron chi connectivity index (χ1n) is 7.79. The largest absolute Gasteiger partial charge is 0.481 e. The number of aliphatic carboxylic acids is 1. The van der Waals surface area contributed by atoms with E-state index in [9.17, 15) is 9.90 Å². The third kappa shape index (κ3) is 3.58. The minimum absolute atomic E-state index is 0.0746. The second-order valence-electron chi connectivity index (χ2n) is 6.25. The Morgan fingerprint density at radius 3 is 2.83 bits per heavy atom. The standard InChI is InChI=1S/C15H22N6O2/c1-19-6-4-16-14(19)3-5-21-8-11(7-15(22)23)12(9-21)13-10-20(2)18-17-13/h4,6,10-12H,3,5,7-9H2,1-2H3,(H,22,23)/t11-,12+/m0/s1. The number of nitrogens with zero attached hydrogens (tertiary/aromatic N) is 6. The molecule has 3 heterocycles. The second kappa shape index (κ2) is 6.49. The molecule has 8 nitrogen and oxygen atoms in total. The number of imidazole rings is 1. The zero-order valence-corrected chi connectivity index (χ0v) is 13.5. The summed E-state index contributed by atoms with van der Waals surface area (Å²) in [6.07, 6.45) is 6.65. The van der Waals surface area contributed by atoms with E-state index in [2.05, 4.69) is 20.2 Å². The first-order valence-corrected chi connectivity index (χ1v) is 7.79. The van der Waals surface area contributed by atoms with Gasteiger partial charge in [-0.1, -0.05) is 5.21 Å². The zero-order chi connectivity index (χ0) is 16.4. The van der Waals surface area contributed by atoms with Crippen LogP contribution in [-0.2, 0) is 25.3 Å². The molecule has 1 aliphatic rings. The van der Waals surface area contributed by atoms with Crippen LogP contribution in [0.5, 0.6) is 0 Å². The fraction of sp³-hybridized carbons (Fsp3) is 0.600. The van der Waals surface area contributed by atoms with Crippen molar-refractivity contribution in [1.29, 1.82) is 0 Å². The van der Waals surface area contributed by atoms with E-state index >= 15 is 0 Å². The molecule has 0 bridgehead atoms. The van der Waals surface area contributed by atoms with Crippen molar-refractivity contribution in [3.8, 4) is 0 Å². The Balaban J connectivity index is 1.67. The van der Waals surface area contributed by atoms with Gasteiger partial charge in [0.25, 0.3) is 0 Å². The van der Waals surface area contributed by atoms with Gasteiger partial charge >= 0.3 is 5.97 Å². The van der Waals surface area contributed by atoms with Crippen LogP contribution in [-0.4, -0.2) is 60.2 Å². The molecule has 0 amide bonds. The summed E-state index contributed by atoms with van der Waals surface area (Å²) in [6, 6.07) is 0. The average Bonchev–Trinajstić information content (AvgIpc) is 3.17. The van der Waals surface area contributed by atoms with Gasteiger partial charge in [-0.3, -0.25) is 9.48 Å². The second-order valence-corrected chi connectivity index (χ2v) is 6.25. The van der Waals surface area contributed by atoms with Gasteiger partial charge in [0.2, 0.25) is 0 Å². The topological polar surface area (TPSA) is 89.1 Å². The average molecular weight is 318 g/mol. The molecule has 3 rings (SSSR count). The monoisotopic (exact) mass is 318 g/mol. The van der Waals surface area contributed by atoms with Gasteiger partial charge < -0.3 is 14.6 Å². The number of hydrogen-bond acceptors (Lipinski definition) is 5. The smallest absolute Gasteiger partial charge is 0.303 e. The predicted molar refractivity (Wildman–Crippen MR) is 82.8 cm³/mol. The molecule has 23 heavy (non-hydrogen) atoms. The van der Waals surface area contributed by atoms with Gasteiger partial charge in [0.05, 0.1) is 12.1 Å². The van der Waals surface area contributed by atoms with Crippen molar-refractivity contribution >= 4 is 5.97 Å². The molecule has 0 spiro atoms. The maximum absolute atomic E-state index is 11.2. The molecule has 2 aromatic heterocycles. The molecular weight excluding hydrogens is 296 g/mol. The molecule has 1 aliphatic heterocycles. The number of likely N-dealkylation sites (tertiary alicyclic amines) is 1. The van der Waals surface area contributed by atoms with Crippen molar-refractivity contribution in [2.24, 2.45) is 20.0 Å². The maximum Gasteiger partial charge on any atom is 0.303 e. The molecule has 0 unspecified atom stereocenters. The lowest BCUT2D eigenvalue weighted by Gasteiger charge is -2.15. The van der Waals surface area contributed by atoms with Gasteiger partial charge in [0, 0.05) is 64.7 Å². The summed E-state index contributed by atoms with van der Waals surface area (Å²) in [7, 11) is 3.82. The minimum atomic E-state index is -0.755. The molecule has 1 saturated heterocycles. The highest BCUT2D eigenvalue weighted by molar-refractivity contribution is 5.67. The molecule has 0 aromatic carbocycles. The van der Waals surface area contributed by atoms with Gasteiger partial charge in [0.1, 0.15) is 5.82 Å². The molecule has 8 heteroatoms. The van der Waals surface area contributed by atoms with Crippen LogP contribution in [0.25, 0.3) is 0 Å². The lowest BCUT2D eigenvalue weighted by atomic mass is 9.91. The minimum Gasteiger partial charge on any atom is -0.481 e. The molecule has 1 N–H and O–H groups in total. The van der Waals surface area contributed by atoms with E-state index in [-0.39, 0.29) is 18.3 Å². The summed E-state index contributed by atoms with van der Waals surface area (Å²) in [5, 5.41) is 17.3. The van der Waals surface area contributed by atoms with Crippen LogP contribution in [0.2, 0.25) is 0 Å². The van der Waals surface area contributed by atoms with Crippen molar-refractivity contribution in [2.45, 2.75) is 18.8 Å².